The van der Waals surface area contributed by atoms with Crippen molar-refractivity contribution in [2.75, 3.05) is 0 Å². The van der Waals surface area contributed by atoms with E-state index in [1.807, 2.05) is 0 Å². The SMILES string of the molecule is CC(=O)C(CC(C)C)C(C)O. The van der Waals surface area contributed by atoms with E-state index >= 15 is 0 Å². The molecule has 0 aromatic rings. The van der Waals surface area contributed by atoms with Crippen LogP contribution in [0.3, 0.4) is 0 Å². The molecular formula is C9H18O2. The van der Waals surface area contributed by atoms with Gasteiger partial charge in [-0.3, -0.25) is 4.79 Å². The third-order valence-electron chi connectivity index (χ3n) is 1.83. The highest BCUT2D eigenvalue weighted by Crippen LogP contribution is 2.16. The summed E-state index contributed by atoms with van der Waals surface area (Å²) in [5.41, 5.74) is 0. The molecule has 0 aromatic heterocycles. The number of aliphatic hydroxyl groups excluding tert-OH is 1. The standard InChI is InChI=1S/C9H18O2/c1-6(2)5-9(7(3)10)8(4)11/h6-7,9-10H,5H2,1-4H3. The predicted octanol–water partition coefficient (Wildman–Crippen LogP) is 1.62. The van der Waals surface area contributed by atoms with Gasteiger partial charge >= 0.3 is 0 Å². The van der Waals surface area contributed by atoms with Crippen LogP contribution in [-0.2, 0) is 4.79 Å². The molecule has 0 heterocycles. The van der Waals surface area contributed by atoms with Crippen molar-refractivity contribution in [1.82, 2.24) is 0 Å². The van der Waals surface area contributed by atoms with Crippen LogP contribution in [0, 0.1) is 11.8 Å². The molecule has 66 valence electrons. The van der Waals surface area contributed by atoms with Gasteiger partial charge in [0, 0.05) is 5.92 Å². The van der Waals surface area contributed by atoms with Crippen LogP contribution in [0.25, 0.3) is 0 Å². The third kappa shape index (κ3) is 4.14. The Balaban J connectivity index is 4.01. The molecule has 0 saturated heterocycles. The number of hydrogen-bond acceptors (Lipinski definition) is 2. The molecule has 0 aromatic carbocycles. The zero-order valence-corrected chi connectivity index (χ0v) is 7.79. The van der Waals surface area contributed by atoms with E-state index < -0.39 is 6.10 Å². The molecule has 2 nitrogen and oxygen atoms in total. The molecule has 0 bridgehead atoms. The van der Waals surface area contributed by atoms with Gasteiger partial charge in [-0.1, -0.05) is 13.8 Å². The number of rotatable bonds is 4. The Bertz CT molecular complexity index is 128. The Labute approximate surface area is 68.6 Å². The second kappa shape index (κ2) is 4.50. The maximum absolute atomic E-state index is 11.0. The van der Waals surface area contributed by atoms with Gasteiger partial charge in [-0.05, 0) is 26.2 Å². The van der Waals surface area contributed by atoms with E-state index in [1.165, 1.54) is 0 Å². The van der Waals surface area contributed by atoms with Crippen LogP contribution < -0.4 is 0 Å². The molecule has 2 heteroatoms. The maximum Gasteiger partial charge on any atom is 0.135 e. The van der Waals surface area contributed by atoms with Gasteiger partial charge in [0.25, 0.3) is 0 Å². The average molecular weight is 158 g/mol. The van der Waals surface area contributed by atoms with Gasteiger partial charge in [0.2, 0.25) is 0 Å². The van der Waals surface area contributed by atoms with Crippen molar-refractivity contribution < 1.29 is 9.90 Å². The second-order valence-electron chi connectivity index (χ2n) is 3.59. The fraction of sp³-hybridized carbons (Fsp3) is 0.889. The van der Waals surface area contributed by atoms with Crippen LogP contribution in [0.15, 0.2) is 0 Å². The summed E-state index contributed by atoms with van der Waals surface area (Å²) < 4.78 is 0. The van der Waals surface area contributed by atoms with Crippen LogP contribution in [0.5, 0.6) is 0 Å². The zero-order valence-electron chi connectivity index (χ0n) is 7.79. The van der Waals surface area contributed by atoms with Gasteiger partial charge < -0.3 is 5.11 Å². The van der Waals surface area contributed by atoms with E-state index in [-0.39, 0.29) is 11.7 Å². The average Bonchev–Trinajstić information content (AvgIpc) is 1.81. The number of carbonyl (C=O) groups excluding carboxylic acids is 1. The zero-order chi connectivity index (χ0) is 9.02. The van der Waals surface area contributed by atoms with Gasteiger partial charge in [0.1, 0.15) is 5.78 Å². The first-order valence-corrected chi connectivity index (χ1v) is 4.13. The Morgan fingerprint density at radius 1 is 1.36 bits per heavy atom. The molecule has 1 N–H and O–H groups in total. The molecule has 0 aliphatic rings. The summed E-state index contributed by atoms with van der Waals surface area (Å²) in [5, 5.41) is 9.21. The third-order valence-corrected chi connectivity index (χ3v) is 1.83. The van der Waals surface area contributed by atoms with Crippen molar-refractivity contribution in [3.05, 3.63) is 0 Å². The highest BCUT2D eigenvalue weighted by molar-refractivity contribution is 5.78. The van der Waals surface area contributed by atoms with Crippen LogP contribution >= 0.6 is 0 Å². The molecule has 0 aliphatic heterocycles. The molecule has 0 fully saturated rings. The maximum atomic E-state index is 11.0. The van der Waals surface area contributed by atoms with Crippen LogP contribution in [0.2, 0.25) is 0 Å². The van der Waals surface area contributed by atoms with Crippen LogP contribution in [0.1, 0.15) is 34.1 Å². The predicted molar refractivity (Wildman–Crippen MR) is 45.3 cm³/mol. The summed E-state index contributed by atoms with van der Waals surface area (Å²) >= 11 is 0. The number of Topliss-reactive ketones (excluding diaryl/α,β-unsaturated/α-hetero) is 1. The molecule has 0 rings (SSSR count). The summed E-state index contributed by atoms with van der Waals surface area (Å²) in [7, 11) is 0. The molecule has 0 aliphatic carbocycles. The number of aliphatic hydroxyl groups is 1. The first-order chi connectivity index (χ1) is 4.95. The summed E-state index contributed by atoms with van der Waals surface area (Å²) in [6, 6.07) is 0. The topological polar surface area (TPSA) is 37.3 Å². The molecule has 0 spiro atoms. The molecule has 0 radical (unpaired) electrons. The van der Waals surface area contributed by atoms with E-state index in [2.05, 4.69) is 13.8 Å². The van der Waals surface area contributed by atoms with E-state index in [0.717, 1.165) is 6.42 Å². The van der Waals surface area contributed by atoms with Gasteiger partial charge in [0.05, 0.1) is 6.10 Å². The minimum Gasteiger partial charge on any atom is -0.393 e. The lowest BCUT2D eigenvalue weighted by Gasteiger charge is -2.18. The molecule has 2 unspecified atom stereocenters. The van der Waals surface area contributed by atoms with E-state index in [4.69, 9.17) is 0 Å². The second-order valence-corrected chi connectivity index (χ2v) is 3.59. The van der Waals surface area contributed by atoms with Crippen molar-refractivity contribution in [2.24, 2.45) is 11.8 Å². The number of carbonyl (C=O) groups is 1. The molecule has 0 amide bonds. The van der Waals surface area contributed by atoms with Gasteiger partial charge in [-0.2, -0.15) is 0 Å². The minimum atomic E-state index is -0.505. The van der Waals surface area contributed by atoms with Gasteiger partial charge in [0.15, 0.2) is 0 Å². The molecular weight excluding hydrogens is 140 g/mol. The summed E-state index contributed by atoms with van der Waals surface area (Å²) in [4.78, 5) is 11.0. The smallest absolute Gasteiger partial charge is 0.135 e. The Hall–Kier alpha value is -0.370. The first kappa shape index (κ1) is 10.6. The summed E-state index contributed by atoms with van der Waals surface area (Å²) in [6.07, 6.45) is 0.280. The van der Waals surface area contributed by atoms with Crippen molar-refractivity contribution >= 4 is 5.78 Å². The lowest BCUT2D eigenvalue weighted by atomic mass is 9.90. The number of ketones is 1. The van der Waals surface area contributed by atoms with Crippen LogP contribution in [-0.4, -0.2) is 17.0 Å². The highest BCUT2D eigenvalue weighted by atomic mass is 16.3. The van der Waals surface area contributed by atoms with Crippen LogP contribution in [0.4, 0.5) is 0 Å². The lowest BCUT2D eigenvalue weighted by Crippen LogP contribution is -2.25. The summed E-state index contributed by atoms with van der Waals surface area (Å²) in [6.45, 7) is 7.32. The van der Waals surface area contributed by atoms with E-state index in [9.17, 15) is 9.90 Å². The van der Waals surface area contributed by atoms with E-state index in [0.29, 0.717) is 5.92 Å². The number of hydrogen-bond donors (Lipinski definition) is 1. The highest BCUT2D eigenvalue weighted by Gasteiger charge is 2.20. The minimum absolute atomic E-state index is 0.0914. The first-order valence-electron chi connectivity index (χ1n) is 4.13. The van der Waals surface area contributed by atoms with Crippen molar-refractivity contribution in [3.63, 3.8) is 0 Å². The van der Waals surface area contributed by atoms with Crippen molar-refractivity contribution in [1.29, 1.82) is 0 Å². The Morgan fingerprint density at radius 2 is 1.82 bits per heavy atom. The van der Waals surface area contributed by atoms with E-state index in [1.54, 1.807) is 13.8 Å². The Morgan fingerprint density at radius 3 is 1.91 bits per heavy atom. The molecule has 2 atom stereocenters. The fourth-order valence-electron chi connectivity index (χ4n) is 1.21. The quantitative estimate of drug-likeness (QED) is 0.675. The fourth-order valence-corrected chi connectivity index (χ4v) is 1.21. The normalized spacial score (nSPS) is 16.5. The monoisotopic (exact) mass is 158 g/mol. The van der Waals surface area contributed by atoms with Gasteiger partial charge in [-0.15, -0.1) is 0 Å². The van der Waals surface area contributed by atoms with Gasteiger partial charge in [-0.25, -0.2) is 0 Å². The van der Waals surface area contributed by atoms with Crippen molar-refractivity contribution in [3.8, 4) is 0 Å². The summed E-state index contributed by atoms with van der Waals surface area (Å²) in [5.74, 6) is 0.391. The molecule has 11 heavy (non-hydrogen) atoms. The largest absolute Gasteiger partial charge is 0.393 e. The lowest BCUT2D eigenvalue weighted by molar-refractivity contribution is -0.124. The van der Waals surface area contributed by atoms with Crippen molar-refractivity contribution in [2.45, 2.75) is 40.2 Å². The molecule has 0 saturated carbocycles. The Kier molecular flexibility index (Phi) is 4.34.